The molecule has 0 saturated heterocycles. The highest BCUT2D eigenvalue weighted by molar-refractivity contribution is 9.10. The molecule has 0 aliphatic rings. The molecule has 0 aliphatic carbocycles. The minimum Gasteiger partial charge on any atom is -0.408 e. The zero-order valence-electron chi connectivity index (χ0n) is 11.0. The van der Waals surface area contributed by atoms with Gasteiger partial charge in [0, 0.05) is 22.1 Å². The van der Waals surface area contributed by atoms with E-state index in [2.05, 4.69) is 15.9 Å². The Balaban J connectivity index is 2.09. The maximum atomic E-state index is 11.5. The minimum atomic E-state index is -0.888. The lowest BCUT2D eigenvalue weighted by atomic mass is 10.0. The number of aliphatic hydroxyl groups is 1. The number of hydrogen-bond donors (Lipinski definition) is 1. The van der Waals surface area contributed by atoms with Gasteiger partial charge in [0.2, 0.25) is 0 Å². The number of aromatic nitrogens is 1. The summed E-state index contributed by atoms with van der Waals surface area (Å²) < 4.78 is 7.39. The van der Waals surface area contributed by atoms with Crippen LogP contribution in [0.3, 0.4) is 0 Å². The Kier molecular flexibility index (Phi) is 3.65. The fourth-order valence-corrected chi connectivity index (χ4v) is 3.00. The summed E-state index contributed by atoms with van der Waals surface area (Å²) >= 11 is 9.48. The summed E-state index contributed by atoms with van der Waals surface area (Å²) in [6.07, 6.45) is -0.888. The third-order valence-corrected chi connectivity index (χ3v) is 4.21. The van der Waals surface area contributed by atoms with E-state index in [4.69, 9.17) is 16.0 Å². The van der Waals surface area contributed by atoms with Crippen molar-refractivity contribution in [1.29, 1.82) is 0 Å². The van der Waals surface area contributed by atoms with Gasteiger partial charge in [0.15, 0.2) is 5.58 Å². The monoisotopic (exact) mass is 367 g/mol. The molecule has 0 amide bonds. The maximum Gasteiger partial charge on any atom is 0.419 e. The second-order valence-corrected chi connectivity index (χ2v) is 6.05. The third-order valence-electron chi connectivity index (χ3n) is 3.39. The summed E-state index contributed by atoms with van der Waals surface area (Å²) in [5, 5.41) is 10.9. The zero-order valence-corrected chi connectivity index (χ0v) is 13.4. The number of halogens is 2. The molecule has 21 heavy (non-hydrogen) atoms. The molecule has 1 atom stereocenters. The largest absolute Gasteiger partial charge is 0.419 e. The smallest absolute Gasteiger partial charge is 0.408 e. The normalized spacial score (nSPS) is 12.8. The van der Waals surface area contributed by atoms with E-state index in [0.717, 1.165) is 4.47 Å². The highest BCUT2D eigenvalue weighted by Crippen LogP contribution is 2.31. The van der Waals surface area contributed by atoms with E-state index in [1.54, 1.807) is 37.4 Å². The van der Waals surface area contributed by atoms with Crippen molar-refractivity contribution in [2.75, 3.05) is 0 Å². The Hall–Kier alpha value is -1.56. The molecule has 1 heterocycles. The molecule has 1 N–H and O–H groups in total. The summed E-state index contributed by atoms with van der Waals surface area (Å²) in [6.45, 7) is 0. The number of aliphatic hydroxyl groups excluding tert-OH is 1. The van der Waals surface area contributed by atoms with Crippen LogP contribution in [-0.4, -0.2) is 9.67 Å². The van der Waals surface area contributed by atoms with Gasteiger partial charge in [-0.15, -0.1) is 0 Å². The number of hydrogen-bond acceptors (Lipinski definition) is 3. The Morgan fingerprint density at radius 3 is 2.76 bits per heavy atom. The molecule has 6 heteroatoms. The van der Waals surface area contributed by atoms with E-state index in [-0.39, 0.29) is 0 Å². The highest BCUT2D eigenvalue weighted by atomic mass is 79.9. The molecule has 1 unspecified atom stereocenters. The van der Waals surface area contributed by atoms with Gasteiger partial charge in [0.05, 0.1) is 5.52 Å². The van der Waals surface area contributed by atoms with Gasteiger partial charge in [0.25, 0.3) is 0 Å². The number of nitrogens with zero attached hydrogens (tertiary/aromatic N) is 1. The van der Waals surface area contributed by atoms with Gasteiger partial charge in [-0.1, -0.05) is 39.7 Å². The molecule has 1 aromatic heterocycles. The van der Waals surface area contributed by atoms with Crippen molar-refractivity contribution in [1.82, 2.24) is 4.57 Å². The number of fused-ring (bicyclic) bond motifs is 1. The molecule has 108 valence electrons. The van der Waals surface area contributed by atoms with Crippen LogP contribution in [0.25, 0.3) is 11.1 Å². The molecular formula is C15H11BrClNO3. The predicted octanol–water partition coefficient (Wildman–Crippen LogP) is 3.63. The molecule has 2 aromatic carbocycles. The lowest BCUT2D eigenvalue weighted by Crippen LogP contribution is -2.08. The topological polar surface area (TPSA) is 55.4 Å². The summed E-state index contributed by atoms with van der Waals surface area (Å²) in [4.78, 5) is 11.5. The lowest BCUT2D eigenvalue weighted by molar-refractivity contribution is 0.220. The van der Waals surface area contributed by atoms with Gasteiger partial charge in [0.1, 0.15) is 6.10 Å². The van der Waals surface area contributed by atoms with Gasteiger partial charge in [-0.25, -0.2) is 4.79 Å². The molecule has 0 radical (unpaired) electrons. The van der Waals surface area contributed by atoms with Crippen molar-refractivity contribution in [3.63, 3.8) is 0 Å². The highest BCUT2D eigenvalue weighted by Gasteiger charge is 2.16. The van der Waals surface area contributed by atoms with E-state index >= 15 is 0 Å². The van der Waals surface area contributed by atoms with Crippen LogP contribution in [0.5, 0.6) is 0 Å². The average Bonchev–Trinajstić information content (AvgIpc) is 2.73. The molecule has 0 aliphatic heterocycles. The van der Waals surface area contributed by atoms with Crippen LogP contribution in [0.1, 0.15) is 17.2 Å². The maximum absolute atomic E-state index is 11.5. The Morgan fingerprint density at radius 1 is 1.29 bits per heavy atom. The zero-order chi connectivity index (χ0) is 15.1. The quantitative estimate of drug-likeness (QED) is 0.751. The van der Waals surface area contributed by atoms with E-state index < -0.39 is 11.9 Å². The van der Waals surface area contributed by atoms with Crippen LogP contribution in [0, 0.1) is 0 Å². The van der Waals surface area contributed by atoms with Crippen molar-refractivity contribution in [3.05, 3.63) is 67.6 Å². The average molecular weight is 369 g/mol. The number of aryl methyl sites for hydroxylation is 1. The van der Waals surface area contributed by atoms with Crippen molar-refractivity contribution >= 4 is 38.6 Å². The molecular weight excluding hydrogens is 358 g/mol. The summed E-state index contributed by atoms with van der Waals surface area (Å²) in [5.74, 6) is -0.432. The molecule has 0 saturated carbocycles. The summed E-state index contributed by atoms with van der Waals surface area (Å²) in [5.41, 5.74) is 2.32. The van der Waals surface area contributed by atoms with E-state index in [0.29, 0.717) is 27.2 Å². The van der Waals surface area contributed by atoms with E-state index in [1.807, 2.05) is 6.07 Å². The van der Waals surface area contributed by atoms with Gasteiger partial charge in [-0.2, -0.15) is 0 Å². The molecule has 3 aromatic rings. The van der Waals surface area contributed by atoms with Crippen LogP contribution in [0.4, 0.5) is 0 Å². The first-order valence-electron chi connectivity index (χ1n) is 6.20. The fraction of sp³-hybridized carbons (Fsp3) is 0.133. The van der Waals surface area contributed by atoms with Crippen LogP contribution in [0.2, 0.25) is 5.02 Å². The van der Waals surface area contributed by atoms with E-state index in [1.165, 1.54) is 4.57 Å². The van der Waals surface area contributed by atoms with Crippen molar-refractivity contribution < 1.29 is 9.52 Å². The standard InChI is InChI=1S/C15H11BrClNO3/c1-18-12-5-2-8(6-13(12)21-15(18)20)14(19)10-4-3-9(16)7-11(10)17/h2-7,14,19H,1H3. The lowest BCUT2D eigenvalue weighted by Gasteiger charge is -2.13. The summed E-state index contributed by atoms with van der Waals surface area (Å²) in [7, 11) is 1.63. The SMILES string of the molecule is Cn1c(=O)oc2cc(C(O)c3ccc(Br)cc3Cl)ccc21. The van der Waals surface area contributed by atoms with Crippen LogP contribution >= 0.6 is 27.5 Å². The van der Waals surface area contributed by atoms with Crippen LogP contribution in [0.15, 0.2) is 50.1 Å². The Bertz CT molecular complexity index is 884. The molecule has 3 rings (SSSR count). The Morgan fingerprint density at radius 2 is 2.05 bits per heavy atom. The first-order valence-corrected chi connectivity index (χ1v) is 7.37. The fourth-order valence-electron chi connectivity index (χ4n) is 2.22. The Labute approximate surface area is 133 Å². The molecule has 0 bridgehead atoms. The minimum absolute atomic E-state index is 0.432. The van der Waals surface area contributed by atoms with Crippen LogP contribution < -0.4 is 5.76 Å². The van der Waals surface area contributed by atoms with Gasteiger partial charge < -0.3 is 9.52 Å². The second-order valence-electron chi connectivity index (χ2n) is 4.72. The number of rotatable bonds is 2. The van der Waals surface area contributed by atoms with Gasteiger partial charge in [-0.05, 0) is 29.8 Å². The van der Waals surface area contributed by atoms with Crippen molar-refractivity contribution in [2.45, 2.75) is 6.10 Å². The van der Waals surface area contributed by atoms with Gasteiger partial charge >= 0.3 is 5.76 Å². The molecule has 0 spiro atoms. The van der Waals surface area contributed by atoms with Crippen LogP contribution in [-0.2, 0) is 7.05 Å². The predicted molar refractivity (Wildman–Crippen MR) is 84.7 cm³/mol. The molecule has 4 nitrogen and oxygen atoms in total. The van der Waals surface area contributed by atoms with Crippen molar-refractivity contribution in [2.24, 2.45) is 7.05 Å². The van der Waals surface area contributed by atoms with E-state index in [9.17, 15) is 9.90 Å². The first kappa shape index (κ1) is 14.4. The van der Waals surface area contributed by atoms with Crippen molar-refractivity contribution in [3.8, 4) is 0 Å². The molecule has 0 fully saturated rings. The first-order chi connectivity index (χ1) is 9.97. The third kappa shape index (κ3) is 2.52. The second kappa shape index (κ2) is 5.33. The summed E-state index contributed by atoms with van der Waals surface area (Å²) in [6, 6.07) is 10.4. The van der Waals surface area contributed by atoms with Gasteiger partial charge in [-0.3, -0.25) is 4.57 Å². The number of benzene rings is 2. The number of oxazole rings is 1.